The molecule has 2 fully saturated rings. The van der Waals surface area contributed by atoms with E-state index in [4.69, 9.17) is 0 Å². The molecule has 1 aliphatic carbocycles. The first-order chi connectivity index (χ1) is 10.4. The predicted molar refractivity (Wildman–Crippen MR) is 95.4 cm³/mol. The average molecular weight is 449 g/mol. The summed E-state index contributed by atoms with van der Waals surface area (Å²) in [5, 5.41) is 3.23. The first kappa shape index (κ1) is 20.8. The van der Waals surface area contributed by atoms with Gasteiger partial charge in [-0.2, -0.15) is 13.2 Å². The summed E-state index contributed by atoms with van der Waals surface area (Å²) in [4.78, 5) is 6.57. The number of nitrogens with zero attached hydrogens (tertiary/aromatic N) is 2. The summed E-state index contributed by atoms with van der Waals surface area (Å²) in [6.45, 7) is 1.58. The molecule has 1 spiro atoms. The van der Waals surface area contributed by atoms with Gasteiger partial charge in [-0.15, -0.1) is 24.0 Å². The Labute approximate surface area is 153 Å². The van der Waals surface area contributed by atoms with Crippen molar-refractivity contribution in [3.63, 3.8) is 0 Å². The molecule has 0 aromatic rings. The molecule has 0 aromatic carbocycles. The molecule has 0 aromatic heterocycles. The second-order valence-corrected chi connectivity index (χ2v) is 6.37. The van der Waals surface area contributed by atoms with Crippen LogP contribution in [-0.4, -0.2) is 56.9 Å². The molecule has 4 nitrogen and oxygen atoms in total. The number of halogens is 4. The molecule has 1 saturated carbocycles. The molecular formula is C15H27F3IN3O. The fourth-order valence-corrected chi connectivity index (χ4v) is 3.54. The Kier molecular flexibility index (Phi) is 8.40. The predicted octanol–water partition coefficient (Wildman–Crippen LogP) is 3.41. The quantitative estimate of drug-likeness (QED) is 0.303. The summed E-state index contributed by atoms with van der Waals surface area (Å²) in [6.07, 6.45) is 2.80. The highest BCUT2D eigenvalue weighted by molar-refractivity contribution is 14.0. The Bertz CT molecular complexity index is 385. The smallest absolute Gasteiger partial charge is 0.372 e. The van der Waals surface area contributed by atoms with E-state index in [1.54, 1.807) is 7.05 Å². The van der Waals surface area contributed by atoms with Crippen LogP contribution < -0.4 is 5.32 Å². The third kappa shape index (κ3) is 6.64. The van der Waals surface area contributed by atoms with E-state index in [0.29, 0.717) is 18.4 Å². The number of likely N-dealkylation sites (tertiary alicyclic amines) is 1. The van der Waals surface area contributed by atoms with Gasteiger partial charge in [0, 0.05) is 33.3 Å². The summed E-state index contributed by atoms with van der Waals surface area (Å²) in [7, 11) is 1.75. The largest absolute Gasteiger partial charge is 0.411 e. The van der Waals surface area contributed by atoms with Crippen molar-refractivity contribution in [2.45, 2.75) is 44.7 Å². The van der Waals surface area contributed by atoms with Gasteiger partial charge in [-0.3, -0.25) is 4.99 Å². The monoisotopic (exact) mass is 449 g/mol. The van der Waals surface area contributed by atoms with Crippen LogP contribution >= 0.6 is 24.0 Å². The van der Waals surface area contributed by atoms with Crippen LogP contribution in [0.3, 0.4) is 0 Å². The highest BCUT2D eigenvalue weighted by Gasteiger charge is 2.41. The van der Waals surface area contributed by atoms with Crippen LogP contribution in [0.15, 0.2) is 4.99 Å². The van der Waals surface area contributed by atoms with Crippen molar-refractivity contribution in [1.82, 2.24) is 10.2 Å². The van der Waals surface area contributed by atoms with Gasteiger partial charge in [0.2, 0.25) is 0 Å². The average Bonchev–Trinajstić information content (AvgIpc) is 3.08. The SMILES string of the molecule is CN=C(NCCCOCC(F)(F)F)N1CCC2(CCCC2)C1.I. The van der Waals surface area contributed by atoms with Gasteiger partial charge in [0.1, 0.15) is 6.61 Å². The molecule has 1 saturated heterocycles. The number of guanidine groups is 1. The van der Waals surface area contributed by atoms with Crippen molar-refractivity contribution in [3.05, 3.63) is 0 Å². The number of hydrogen-bond donors (Lipinski definition) is 1. The van der Waals surface area contributed by atoms with Crippen molar-refractivity contribution in [3.8, 4) is 0 Å². The fraction of sp³-hybridized carbons (Fsp3) is 0.933. The molecule has 136 valence electrons. The van der Waals surface area contributed by atoms with E-state index in [9.17, 15) is 13.2 Å². The lowest BCUT2D eigenvalue weighted by atomic mass is 9.86. The fourth-order valence-electron chi connectivity index (χ4n) is 3.54. The number of nitrogens with one attached hydrogen (secondary N) is 1. The lowest BCUT2D eigenvalue weighted by Gasteiger charge is -2.25. The summed E-state index contributed by atoms with van der Waals surface area (Å²) in [6, 6.07) is 0. The van der Waals surface area contributed by atoms with Gasteiger partial charge < -0.3 is 15.0 Å². The third-order valence-electron chi connectivity index (χ3n) is 4.63. The summed E-state index contributed by atoms with van der Waals surface area (Å²) < 4.78 is 40.4. The van der Waals surface area contributed by atoms with Crippen LogP contribution in [0.2, 0.25) is 0 Å². The molecule has 1 N–H and O–H groups in total. The van der Waals surface area contributed by atoms with Crippen LogP contribution in [0.1, 0.15) is 38.5 Å². The minimum atomic E-state index is -4.24. The van der Waals surface area contributed by atoms with E-state index in [1.165, 1.54) is 32.1 Å². The van der Waals surface area contributed by atoms with E-state index in [1.807, 2.05) is 0 Å². The first-order valence-corrected chi connectivity index (χ1v) is 8.04. The van der Waals surface area contributed by atoms with Crippen molar-refractivity contribution >= 4 is 29.9 Å². The lowest BCUT2D eigenvalue weighted by Crippen LogP contribution is -2.41. The van der Waals surface area contributed by atoms with E-state index in [2.05, 4.69) is 19.9 Å². The van der Waals surface area contributed by atoms with E-state index >= 15 is 0 Å². The summed E-state index contributed by atoms with van der Waals surface area (Å²) in [5.41, 5.74) is 0.480. The van der Waals surface area contributed by atoms with Crippen LogP contribution in [-0.2, 0) is 4.74 Å². The molecule has 0 radical (unpaired) electrons. The Morgan fingerprint density at radius 2 is 1.96 bits per heavy atom. The molecule has 2 aliphatic rings. The molecule has 1 aliphatic heterocycles. The van der Waals surface area contributed by atoms with Crippen molar-refractivity contribution in [2.75, 3.05) is 39.9 Å². The van der Waals surface area contributed by atoms with Crippen molar-refractivity contribution < 1.29 is 17.9 Å². The van der Waals surface area contributed by atoms with Gasteiger partial charge in [0.25, 0.3) is 0 Å². The zero-order valence-electron chi connectivity index (χ0n) is 13.6. The molecular weight excluding hydrogens is 422 g/mol. The van der Waals surface area contributed by atoms with E-state index in [-0.39, 0.29) is 30.6 Å². The molecule has 0 amide bonds. The van der Waals surface area contributed by atoms with Gasteiger partial charge >= 0.3 is 6.18 Å². The number of alkyl halides is 3. The highest BCUT2D eigenvalue weighted by Crippen LogP contribution is 2.45. The maximum absolute atomic E-state index is 11.9. The molecule has 2 rings (SSSR count). The normalized spacial score (nSPS) is 20.9. The van der Waals surface area contributed by atoms with Gasteiger partial charge in [-0.1, -0.05) is 12.8 Å². The van der Waals surface area contributed by atoms with Crippen LogP contribution in [0, 0.1) is 5.41 Å². The number of rotatable bonds is 5. The minimum absolute atomic E-state index is 0. The molecule has 0 atom stereocenters. The van der Waals surface area contributed by atoms with Crippen molar-refractivity contribution in [1.29, 1.82) is 0 Å². The Balaban J connectivity index is 0.00000264. The van der Waals surface area contributed by atoms with E-state index in [0.717, 1.165) is 19.0 Å². The Morgan fingerprint density at radius 3 is 2.57 bits per heavy atom. The lowest BCUT2D eigenvalue weighted by molar-refractivity contribution is -0.173. The number of aliphatic imine (C=N–C) groups is 1. The highest BCUT2D eigenvalue weighted by atomic mass is 127. The summed E-state index contributed by atoms with van der Waals surface area (Å²) in [5.74, 6) is 0.861. The van der Waals surface area contributed by atoms with Crippen molar-refractivity contribution in [2.24, 2.45) is 10.4 Å². The second kappa shape index (κ2) is 9.29. The van der Waals surface area contributed by atoms with Gasteiger partial charge in [-0.05, 0) is 31.1 Å². The van der Waals surface area contributed by atoms with E-state index < -0.39 is 12.8 Å². The topological polar surface area (TPSA) is 36.9 Å². The zero-order valence-corrected chi connectivity index (χ0v) is 16.0. The number of ether oxygens (including phenoxy) is 1. The Morgan fingerprint density at radius 1 is 1.26 bits per heavy atom. The standard InChI is InChI=1S/C15H26F3N3O.HI/c1-19-13(20-8-4-10-22-12-15(16,17)18)21-9-7-14(11-21)5-2-3-6-14;/h2-12H2,1H3,(H,19,20);1H. The molecule has 0 bridgehead atoms. The molecule has 0 unspecified atom stereocenters. The molecule has 23 heavy (non-hydrogen) atoms. The maximum Gasteiger partial charge on any atom is 0.411 e. The second-order valence-electron chi connectivity index (χ2n) is 6.37. The van der Waals surface area contributed by atoms with Crippen LogP contribution in [0.25, 0.3) is 0 Å². The summed E-state index contributed by atoms with van der Waals surface area (Å²) >= 11 is 0. The Hall–Kier alpha value is -0.250. The van der Waals surface area contributed by atoms with Crippen LogP contribution in [0.5, 0.6) is 0 Å². The van der Waals surface area contributed by atoms with Gasteiger partial charge in [0.05, 0.1) is 0 Å². The van der Waals surface area contributed by atoms with Gasteiger partial charge in [0.15, 0.2) is 5.96 Å². The zero-order chi connectivity index (χ0) is 16.1. The van der Waals surface area contributed by atoms with Crippen LogP contribution in [0.4, 0.5) is 13.2 Å². The first-order valence-electron chi connectivity index (χ1n) is 8.04. The number of hydrogen-bond acceptors (Lipinski definition) is 2. The molecule has 1 heterocycles. The minimum Gasteiger partial charge on any atom is -0.372 e. The van der Waals surface area contributed by atoms with Gasteiger partial charge in [-0.25, -0.2) is 0 Å². The molecule has 8 heteroatoms. The third-order valence-corrected chi connectivity index (χ3v) is 4.63. The maximum atomic E-state index is 11.9.